The van der Waals surface area contributed by atoms with Gasteiger partial charge in [0, 0.05) is 118 Å². The van der Waals surface area contributed by atoms with Gasteiger partial charge in [0.2, 0.25) is 41.4 Å². The number of nitrogen functional groups attached to an aromatic ring is 1. The number of thiocarbonyl (C=S) groups is 2. The molecule has 32 nitrogen and oxygen atoms in total. The molecular formula is C75H103Cl2N12O20PS3. The molecular weight excluding hydrogens is 1590 g/mol. The van der Waals surface area contributed by atoms with Crippen LogP contribution >= 0.6 is 67.2 Å². The van der Waals surface area contributed by atoms with Crippen molar-refractivity contribution in [2.75, 3.05) is 172 Å². The average Bonchev–Trinajstić information content (AvgIpc) is 1.57. The number of nitrogens with two attached hydrogens (primary N) is 2. The lowest BCUT2D eigenvalue weighted by molar-refractivity contribution is -0.205. The Balaban J connectivity index is 0.675. The van der Waals surface area contributed by atoms with Gasteiger partial charge in [-0.05, 0) is 123 Å². The van der Waals surface area contributed by atoms with Crippen LogP contribution in [0.15, 0.2) is 49.2 Å². The molecule has 11 N–H and O–H groups in total. The zero-order valence-electron chi connectivity index (χ0n) is 64.6. The molecule has 38 heteroatoms. The molecule has 2 bridgehead atoms. The normalized spacial score (nSPS) is 19.3. The Morgan fingerprint density at radius 1 is 0.779 bits per heavy atom. The van der Waals surface area contributed by atoms with Gasteiger partial charge in [-0.15, -0.1) is 23.2 Å². The molecule has 3 aromatic carbocycles. The largest absolute Gasteiger partial charge is 0.524 e. The lowest BCUT2D eigenvalue weighted by Gasteiger charge is -2.69. The standard InChI is InChI=1S/C75H103Cl2N12O20PS3/c1-44(2)59-61-48(35-76)38-88(52(61)32-54(63(59)78)109-110(98,99)100)69(95)74-41-75(42-74,43-74)70(96)89-39-49(36-77)62-53(89)33-55(65-60(62)46(5)37-81-65)108-73(112)86(7)18-17-85(6)72(111)107-40-47-11-13-50(14-12-47)82-66(92)51(10-9-16-80-71(79)97)83-67(93)64(45(3)4)84-57(90)15-20-101-22-24-103-26-28-105-30-31-106-29-27-104-25-23-102-21-19-87-58(91)34-56(113-8)68(87)94/h11-14,32-33,37,45,48-49,51,56,64,81H,1,9-10,15-31,34-36,38-43,78H2,2-8H3,(H,82,92)(H,83,93)(H,84,90)(H3,79,80,97)(H2,98,99,100). The van der Waals surface area contributed by atoms with E-state index in [-0.39, 0.29) is 159 Å². The number of phosphoric ester groups is 1. The Morgan fingerprint density at radius 3 is 1.83 bits per heavy atom. The molecule has 4 aromatic rings. The molecule has 113 heavy (non-hydrogen) atoms. The summed E-state index contributed by atoms with van der Waals surface area (Å²) in [5.41, 5.74) is 16.2. The smallest absolute Gasteiger partial charge is 0.466 e. The Kier molecular flexibility index (Phi) is 32.4. The molecule has 0 spiro atoms. The topological polar surface area (TPSA) is 409 Å². The lowest BCUT2D eigenvalue weighted by atomic mass is 9.34. The molecule has 5 unspecified atom stereocenters. The van der Waals surface area contributed by atoms with Crippen molar-refractivity contribution >= 4 is 164 Å². The SMILES string of the molecule is C=C(C)c1c(N)c(OP(=O)(O)O)cc2c1C(CCl)CN2C(=O)C12CC(C(=O)N3CC(CCl)c4c3cc(OC(=S)N(C)CCN(C)C(=S)OCc3ccc(NC(=O)C(CCCNC(N)=O)NC(=O)C(NC(=O)CCOCCOCCOCCOCCOCCOCCN5C(=O)CC(SC)C5=O)C(C)C)cc3)c3[nH]cc(C)c43)(C1)C2. The molecule has 6 aliphatic rings. The molecule has 5 atom stereocenters. The van der Waals surface area contributed by atoms with Crippen LogP contribution in [0.1, 0.15) is 105 Å². The monoisotopic (exact) mass is 1690 g/mol. The molecule has 3 saturated carbocycles. The van der Waals surface area contributed by atoms with E-state index in [4.69, 9.17) is 102 Å². The molecule has 3 aliphatic heterocycles. The first-order chi connectivity index (χ1) is 53.8. The number of benzene rings is 3. The molecule has 4 fully saturated rings. The van der Waals surface area contributed by atoms with Crippen molar-refractivity contribution in [2.24, 2.45) is 22.5 Å². The highest BCUT2D eigenvalue weighted by atomic mass is 35.5. The third-order valence-electron chi connectivity index (χ3n) is 20.5. The number of primary amides is 1. The molecule has 1 saturated heterocycles. The number of hydrogen-bond donors (Lipinski definition) is 9. The van der Waals surface area contributed by atoms with Gasteiger partial charge in [-0.3, -0.25) is 48.2 Å². The number of amides is 9. The number of hydrogen-bond acceptors (Lipinski definition) is 22. The van der Waals surface area contributed by atoms with Gasteiger partial charge in [-0.25, -0.2) is 9.36 Å². The average molecular weight is 1690 g/mol. The second-order valence-corrected chi connectivity index (χ2v) is 32.6. The van der Waals surface area contributed by atoms with Gasteiger partial charge in [0.15, 0.2) is 11.5 Å². The summed E-state index contributed by atoms with van der Waals surface area (Å²) in [6, 6.07) is 7.22. The summed E-state index contributed by atoms with van der Waals surface area (Å²) in [5, 5.41) is 11.8. The Labute approximate surface area is 681 Å². The molecule has 10 rings (SSSR count). The van der Waals surface area contributed by atoms with Crippen molar-refractivity contribution in [3.8, 4) is 11.5 Å². The van der Waals surface area contributed by atoms with Crippen LogP contribution in [0.3, 0.4) is 0 Å². The first-order valence-electron chi connectivity index (χ1n) is 37.3. The third kappa shape index (κ3) is 22.6. The molecule has 620 valence electrons. The summed E-state index contributed by atoms with van der Waals surface area (Å²) >= 11 is 26.2. The van der Waals surface area contributed by atoms with E-state index in [1.165, 1.54) is 22.7 Å². The van der Waals surface area contributed by atoms with Crippen LogP contribution in [-0.4, -0.2) is 255 Å². The Hall–Kier alpha value is -7.48. The number of ether oxygens (including phenoxy) is 8. The maximum atomic E-state index is 15.0. The zero-order chi connectivity index (χ0) is 82.1. The summed E-state index contributed by atoms with van der Waals surface area (Å²) in [5.74, 6) is -2.73. The number of carbonyl (C=O) groups is 8. The third-order valence-corrected chi connectivity index (χ3v) is 23.4. The highest BCUT2D eigenvalue weighted by Gasteiger charge is 2.76. The minimum Gasteiger partial charge on any atom is -0.466 e. The van der Waals surface area contributed by atoms with Crippen LogP contribution < -0.4 is 51.8 Å². The lowest BCUT2D eigenvalue weighted by Crippen LogP contribution is -2.73. The number of imide groups is 1. The van der Waals surface area contributed by atoms with Crippen LogP contribution in [0.25, 0.3) is 16.5 Å². The van der Waals surface area contributed by atoms with Gasteiger partial charge in [0.1, 0.15) is 18.7 Å². The number of urea groups is 1. The van der Waals surface area contributed by atoms with Crippen LogP contribution in [0.4, 0.5) is 27.5 Å². The van der Waals surface area contributed by atoms with Crippen LogP contribution in [-0.2, 0) is 77.9 Å². The van der Waals surface area contributed by atoms with Crippen molar-refractivity contribution in [2.45, 2.75) is 108 Å². The molecule has 3 aliphatic carbocycles. The van der Waals surface area contributed by atoms with Crippen LogP contribution in [0.2, 0.25) is 0 Å². The number of allylic oxidation sites excluding steroid dienone is 1. The zero-order valence-corrected chi connectivity index (χ0v) is 69.4. The van der Waals surface area contributed by atoms with Crippen molar-refractivity contribution in [1.29, 1.82) is 0 Å². The van der Waals surface area contributed by atoms with Crippen LogP contribution in [0.5, 0.6) is 11.5 Å². The van der Waals surface area contributed by atoms with Gasteiger partial charge >= 0.3 is 13.9 Å². The van der Waals surface area contributed by atoms with Crippen molar-refractivity contribution in [3.63, 3.8) is 0 Å². The van der Waals surface area contributed by atoms with Crippen molar-refractivity contribution < 1.29 is 95.1 Å². The van der Waals surface area contributed by atoms with E-state index in [0.717, 1.165) is 22.1 Å². The fraction of sp³-hybridized carbons (Fsp3) is 0.573. The summed E-state index contributed by atoms with van der Waals surface area (Å²) in [6.45, 7) is 16.5. The van der Waals surface area contributed by atoms with Gasteiger partial charge < -0.3 is 99.7 Å². The van der Waals surface area contributed by atoms with Crippen molar-refractivity contribution in [1.82, 2.24) is 35.6 Å². The number of nitrogens with zero attached hydrogens (tertiary/aromatic N) is 5. The summed E-state index contributed by atoms with van der Waals surface area (Å²) in [7, 11) is -1.50. The number of carbonyl (C=O) groups excluding carboxylic acids is 8. The fourth-order valence-corrected chi connectivity index (χ4v) is 16.6. The number of H-pyrrole nitrogens is 1. The van der Waals surface area contributed by atoms with Crippen LogP contribution in [0, 0.1) is 23.7 Å². The number of aromatic amines is 1. The summed E-state index contributed by atoms with van der Waals surface area (Å²) < 4.78 is 62.8. The van der Waals surface area contributed by atoms with Gasteiger partial charge in [0.25, 0.3) is 10.3 Å². The van der Waals surface area contributed by atoms with E-state index >= 15 is 4.79 Å². The predicted octanol–water partition coefficient (Wildman–Crippen LogP) is 6.79. The first-order valence-corrected chi connectivity index (χ1v) is 42.0. The fourth-order valence-electron chi connectivity index (χ4n) is 14.7. The van der Waals surface area contributed by atoms with Crippen molar-refractivity contribution in [3.05, 3.63) is 77.0 Å². The number of phosphoric acid groups is 1. The minimum atomic E-state index is -5.06. The van der Waals surface area contributed by atoms with Gasteiger partial charge in [-0.1, -0.05) is 32.6 Å². The van der Waals surface area contributed by atoms with Gasteiger partial charge in [-0.2, -0.15) is 11.8 Å². The Bertz CT molecular complexity index is 4180. The number of fused-ring (bicyclic) bond motifs is 4. The second kappa shape index (κ2) is 40.9. The molecule has 1 aromatic heterocycles. The quantitative estimate of drug-likeness (QED) is 0.00549. The highest BCUT2D eigenvalue weighted by molar-refractivity contribution is 8.00. The second-order valence-electron chi connectivity index (χ2n) is 29.1. The van der Waals surface area contributed by atoms with E-state index in [1.807, 2.05) is 25.4 Å². The number of anilines is 4. The summed E-state index contributed by atoms with van der Waals surface area (Å²) in [6.07, 6.45) is 5.14. The number of halogens is 2. The maximum Gasteiger partial charge on any atom is 0.524 e. The Morgan fingerprint density at radius 2 is 1.31 bits per heavy atom. The number of likely N-dealkylation sites (tertiary alicyclic amines) is 1. The van der Waals surface area contributed by atoms with Gasteiger partial charge in [0.05, 0.1) is 124 Å². The van der Waals surface area contributed by atoms with E-state index < -0.39 is 54.5 Å². The van der Waals surface area contributed by atoms with E-state index in [2.05, 4.69) is 32.8 Å². The predicted molar refractivity (Wildman–Crippen MR) is 436 cm³/mol. The highest BCUT2D eigenvalue weighted by Crippen LogP contribution is 2.75. The van der Waals surface area contributed by atoms with E-state index in [9.17, 15) is 47.9 Å². The number of rotatable bonds is 45. The minimum absolute atomic E-state index is 0.0222. The molecule has 0 radical (unpaired) electrons. The first kappa shape index (κ1) is 89.5. The molecule has 9 amide bonds. The number of nitrogens with one attached hydrogen (secondary N) is 5. The molecule has 4 heterocycles. The van der Waals surface area contributed by atoms with E-state index in [1.54, 1.807) is 78.7 Å². The number of aryl methyl sites for hydroxylation is 1. The number of thioether (sulfide) groups is 1. The number of alkyl halides is 2. The maximum absolute atomic E-state index is 15.0. The summed E-state index contributed by atoms with van der Waals surface area (Å²) in [4.78, 5) is 137. The van der Waals surface area contributed by atoms with E-state index in [0.29, 0.717) is 137 Å². The number of likely N-dealkylation sites (N-methyl/N-ethyl adjacent to an activating group) is 2. The number of aromatic nitrogens is 1.